The van der Waals surface area contributed by atoms with Gasteiger partial charge in [-0.3, -0.25) is 4.79 Å². The number of Topliss-reactive ketones (excluding diaryl/α,β-unsaturated/α-hetero) is 1. The molecule has 2 aromatic rings. The third-order valence-electron chi connectivity index (χ3n) is 3.32. The van der Waals surface area contributed by atoms with Gasteiger partial charge in [-0.15, -0.1) is 0 Å². The van der Waals surface area contributed by atoms with E-state index < -0.39 is 6.10 Å². The van der Waals surface area contributed by atoms with E-state index in [9.17, 15) is 14.3 Å². The van der Waals surface area contributed by atoms with Crippen LogP contribution in [0.5, 0.6) is 0 Å². The maximum Gasteiger partial charge on any atom is 0.162 e. The van der Waals surface area contributed by atoms with Gasteiger partial charge in [0.05, 0.1) is 6.10 Å². The number of benzene rings is 2. The number of hydrogen-bond donors (Lipinski definition) is 1. The van der Waals surface area contributed by atoms with Crippen molar-refractivity contribution in [3.05, 3.63) is 71.5 Å². The van der Waals surface area contributed by atoms with Gasteiger partial charge in [0.15, 0.2) is 5.78 Å². The summed E-state index contributed by atoms with van der Waals surface area (Å²) in [5.41, 5.74) is 1.47. The van der Waals surface area contributed by atoms with Crippen LogP contribution in [-0.2, 0) is 0 Å². The van der Waals surface area contributed by atoms with Crippen LogP contribution in [0.3, 0.4) is 0 Å². The first-order chi connectivity index (χ1) is 10.7. The second kappa shape index (κ2) is 8.71. The predicted molar refractivity (Wildman–Crippen MR) is 88.7 cm³/mol. The number of carbonyl (C=O) groups excluding carboxylic acids is 1. The van der Waals surface area contributed by atoms with Crippen LogP contribution in [0.4, 0.5) is 4.39 Å². The van der Waals surface area contributed by atoms with Crippen LogP contribution in [0.1, 0.15) is 34.9 Å². The van der Waals surface area contributed by atoms with E-state index in [0.717, 1.165) is 17.7 Å². The Kier molecular flexibility index (Phi) is 6.62. The van der Waals surface area contributed by atoms with Crippen molar-refractivity contribution < 1.29 is 14.3 Å². The molecule has 2 rings (SSSR count). The minimum absolute atomic E-state index is 0.0317. The van der Waals surface area contributed by atoms with Crippen LogP contribution in [0.2, 0.25) is 0 Å². The van der Waals surface area contributed by atoms with Gasteiger partial charge in [0, 0.05) is 17.7 Å². The van der Waals surface area contributed by atoms with E-state index in [1.807, 2.05) is 30.3 Å². The first-order valence-corrected chi connectivity index (χ1v) is 8.42. The molecule has 1 atom stereocenters. The Hall–Kier alpha value is -1.65. The lowest BCUT2D eigenvalue weighted by Gasteiger charge is -2.10. The third-order valence-corrected chi connectivity index (χ3v) is 4.45. The lowest BCUT2D eigenvalue weighted by atomic mass is 10.1. The van der Waals surface area contributed by atoms with Crippen molar-refractivity contribution in [2.24, 2.45) is 0 Å². The molecule has 0 saturated heterocycles. The second-order valence-corrected chi connectivity index (χ2v) is 6.18. The Morgan fingerprint density at radius 3 is 2.45 bits per heavy atom. The monoisotopic (exact) mass is 318 g/mol. The summed E-state index contributed by atoms with van der Waals surface area (Å²) in [5.74, 6) is 1.14. The van der Waals surface area contributed by atoms with Crippen LogP contribution in [0.25, 0.3) is 0 Å². The lowest BCUT2D eigenvalue weighted by Crippen LogP contribution is -2.02. The lowest BCUT2D eigenvalue weighted by molar-refractivity contribution is 0.0982. The zero-order valence-corrected chi connectivity index (χ0v) is 13.1. The van der Waals surface area contributed by atoms with Crippen LogP contribution >= 0.6 is 11.8 Å². The Morgan fingerprint density at radius 2 is 1.77 bits per heavy atom. The Balaban J connectivity index is 1.65. The molecular weight excluding hydrogens is 299 g/mol. The number of aliphatic hydroxyl groups excluding tert-OH is 1. The van der Waals surface area contributed by atoms with Gasteiger partial charge in [-0.25, -0.2) is 4.39 Å². The molecule has 0 bridgehead atoms. The Morgan fingerprint density at radius 1 is 1.09 bits per heavy atom. The summed E-state index contributed by atoms with van der Waals surface area (Å²) in [7, 11) is 0. The summed E-state index contributed by atoms with van der Waals surface area (Å²) < 4.78 is 12.8. The fourth-order valence-corrected chi connectivity index (χ4v) is 3.01. The minimum atomic E-state index is -0.473. The predicted octanol–water partition coefficient (Wildman–Crippen LogP) is 4.26. The van der Waals surface area contributed by atoms with Crippen LogP contribution < -0.4 is 0 Å². The molecule has 0 aromatic heterocycles. The standard InChI is InChI=1S/C18H19FO2S/c19-16-10-8-15(9-11-16)17(20)7-4-12-22-13-18(21)14-5-2-1-3-6-14/h1-3,5-6,8-11,18,21H,4,7,12-13H2. The van der Waals surface area contributed by atoms with Gasteiger partial charge in [-0.2, -0.15) is 11.8 Å². The van der Waals surface area contributed by atoms with Crippen molar-refractivity contribution in [1.29, 1.82) is 0 Å². The molecule has 1 N–H and O–H groups in total. The number of aliphatic hydroxyl groups is 1. The first kappa shape index (κ1) is 16.7. The SMILES string of the molecule is O=C(CCCSCC(O)c1ccccc1)c1ccc(F)cc1. The molecule has 0 saturated carbocycles. The number of halogens is 1. The molecule has 0 aliphatic carbocycles. The van der Waals surface area contributed by atoms with Gasteiger partial charge < -0.3 is 5.11 Å². The van der Waals surface area contributed by atoms with E-state index in [2.05, 4.69) is 0 Å². The van der Waals surface area contributed by atoms with Crippen molar-refractivity contribution >= 4 is 17.5 Å². The van der Waals surface area contributed by atoms with E-state index >= 15 is 0 Å². The zero-order valence-electron chi connectivity index (χ0n) is 12.2. The molecule has 116 valence electrons. The molecule has 22 heavy (non-hydrogen) atoms. The van der Waals surface area contributed by atoms with Gasteiger partial charge in [-0.05, 0) is 42.0 Å². The van der Waals surface area contributed by atoms with Crippen molar-refractivity contribution in [2.45, 2.75) is 18.9 Å². The fraction of sp³-hybridized carbons (Fsp3) is 0.278. The number of carbonyl (C=O) groups is 1. The number of ketones is 1. The highest BCUT2D eigenvalue weighted by Crippen LogP contribution is 2.19. The second-order valence-electron chi connectivity index (χ2n) is 5.04. The molecule has 0 aliphatic heterocycles. The summed E-state index contributed by atoms with van der Waals surface area (Å²) in [6, 6.07) is 15.2. The van der Waals surface area contributed by atoms with E-state index in [1.165, 1.54) is 24.3 Å². The summed E-state index contributed by atoms with van der Waals surface area (Å²) in [6.45, 7) is 0. The number of rotatable bonds is 8. The zero-order chi connectivity index (χ0) is 15.8. The smallest absolute Gasteiger partial charge is 0.162 e. The average Bonchev–Trinajstić information content (AvgIpc) is 2.55. The van der Waals surface area contributed by atoms with E-state index in [0.29, 0.717) is 17.7 Å². The molecule has 0 radical (unpaired) electrons. The number of hydrogen-bond acceptors (Lipinski definition) is 3. The molecular formula is C18H19FO2S. The molecule has 0 fully saturated rings. The normalized spacial score (nSPS) is 12.1. The van der Waals surface area contributed by atoms with Crippen molar-refractivity contribution in [1.82, 2.24) is 0 Å². The maximum absolute atomic E-state index is 12.8. The molecule has 2 nitrogen and oxygen atoms in total. The minimum Gasteiger partial charge on any atom is -0.388 e. The molecule has 0 amide bonds. The van der Waals surface area contributed by atoms with E-state index in [-0.39, 0.29) is 11.6 Å². The van der Waals surface area contributed by atoms with Gasteiger partial charge in [0.25, 0.3) is 0 Å². The van der Waals surface area contributed by atoms with E-state index in [4.69, 9.17) is 0 Å². The summed E-state index contributed by atoms with van der Waals surface area (Å²) in [5, 5.41) is 10.0. The summed E-state index contributed by atoms with van der Waals surface area (Å²) in [6.07, 6.45) is 0.724. The molecule has 4 heteroatoms. The van der Waals surface area contributed by atoms with Crippen LogP contribution in [0.15, 0.2) is 54.6 Å². The summed E-state index contributed by atoms with van der Waals surface area (Å²) in [4.78, 5) is 11.9. The fourth-order valence-electron chi connectivity index (χ4n) is 2.08. The molecule has 0 spiro atoms. The van der Waals surface area contributed by atoms with Gasteiger partial charge in [0.1, 0.15) is 5.82 Å². The maximum atomic E-state index is 12.8. The van der Waals surface area contributed by atoms with Crippen molar-refractivity contribution in [3.63, 3.8) is 0 Å². The molecule has 2 aromatic carbocycles. The Labute approximate surface area is 134 Å². The molecule has 1 unspecified atom stereocenters. The van der Waals surface area contributed by atoms with E-state index in [1.54, 1.807) is 11.8 Å². The summed E-state index contributed by atoms with van der Waals surface area (Å²) >= 11 is 1.63. The first-order valence-electron chi connectivity index (χ1n) is 7.26. The number of thioether (sulfide) groups is 1. The van der Waals surface area contributed by atoms with Crippen LogP contribution in [0, 0.1) is 5.82 Å². The molecule has 0 aliphatic rings. The van der Waals surface area contributed by atoms with Crippen LogP contribution in [-0.4, -0.2) is 22.4 Å². The highest BCUT2D eigenvalue weighted by atomic mass is 32.2. The van der Waals surface area contributed by atoms with Crippen molar-refractivity contribution in [2.75, 3.05) is 11.5 Å². The van der Waals surface area contributed by atoms with Gasteiger partial charge in [-0.1, -0.05) is 30.3 Å². The van der Waals surface area contributed by atoms with Gasteiger partial charge >= 0.3 is 0 Å². The highest BCUT2D eigenvalue weighted by molar-refractivity contribution is 7.99. The average molecular weight is 318 g/mol. The largest absolute Gasteiger partial charge is 0.388 e. The molecule has 0 heterocycles. The highest BCUT2D eigenvalue weighted by Gasteiger charge is 2.08. The topological polar surface area (TPSA) is 37.3 Å². The quantitative estimate of drug-likeness (QED) is 0.584. The van der Waals surface area contributed by atoms with Crippen molar-refractivity contribution in [3.8, 4) is 0 Å². The Bertz CT molecular complexity index is 584. The third kappa shape index (κ3) is 5.28. The van der Waals surface area contributed by atoms with Gasteiger partial charge in [0.2, 0.25) is 0 Å².